The first-order valence-electron chi connectivity index (χ1n) is 10.2. The van der Waals surface area contributed by atoms with E-state index in [1.54, 1.807) is 13.0 Å². The van der Waals surface area contributed by atoms with Crippen LogP contribution in [0.25, 0.3) is 0 Å². The third-order valence-electron chi connectivity index (χ3n) is 5.49. The maximum absolute atomic E-state index is 13.7. The number of nitrogens with zero attached hydrogens (tertiary/aromatic N) is 4. The van der Waals surface area contributed by atoms with Crippen LogP contribution < -0.4 is 4.90 Å². The van der Waals surface area contributed by atoms with Gasteiger partial charge in [0, 0.05) is 18.1 Å². The van der Waals surface area contributed by atoms with E-state index in [9.17, 15) is 23.5 Å². The Labute approximate surface area is 193 Å². The van der Waals surface area contributed by atoms with Crippen molar-refractivity contribution in [1.29, 1.82) is 5.26 Å². The molecule has 0 saturated heterocycles. The SMILES string of the molecule is Cc1ccc(N2C(=O)C(O)=C(C(=O)c3ccc(C#N)cc3)C2c2ccc(C(C)(F)F)cc2)nn1. The molecule has 4 rings (SSSR count). The largest absolute Gasteiger partial charge is 0.503 e. The molecule has 0 fully saturated rings. The molecular weight excluding hydrogens is 442 g/mol. The Kier molecular flexibility index (Phi) is 5.67. The zero-order valence-electron chi connectivity index (χ0n) is 18.2. The Balaban J connectivity index is 1.85. The Morgan fingerprint density at radius 2 is 1.71 bits per heavy atom. The molecule has 0 bridgehead atoms. The Bertz CT molecular complexity index is 1340. The summed E-state index contributed by atoms with van der Waals surface area (Å²) in [6, 6.07) is 14.8. The van der Waals surface area contributed by atoms with Gasteiger partial charge in [0.25, 0.3) is 11.8 Å². The summed E-state index contributed by atoms with van der Waals surface area (Å²) in [6.45, 7) is 2.47. The number of aliphatic hydroxyl groups is 1. The summed E-state index contributed by atoms with van der Waals surface area (Å²) in [5.41, 5.74) is 0.925. The second-order valence-electron chi connectivity index (χ2n) is 7.90. The van der Waals surface area contributed by atoms with E-state index in [0.29, 0.717) is 16.8 Å². The van der Waals surface area contributed by atoms with Gasteiger partial charge in [-0.3, -0.25) is 14.5 Å². The van der Waals surface area contributed by atoms with Gasteiger partial charge in [0.15, 0.2) is 17.4 Å². The minimum absolute atomic E-state index is 0.0830. The predicted octanol–water partition coefficient (Wildman–Crippen LogP) is 4.55. The van der Waals surface area contributed by atoms with Crippen LogP contribution in [0.1, 0.15) is 45.7 Å². The lowest BCUT2D eigenvalue weighted by atomic mass is 9.91. The van der Waals surface area contributed by atoms with Gasteiger partial charge in [0.1, 0.15) is 0 Å². The first-order valence-corrected chi connectivity index (χ1v) is 10.2. The number of aliphatic hydroxyl groups excluding tert-OH is 1. The zero-order chi connectivity index (χ0) is 24.6. The van der Waals surface area contributed by atoms with Crippen molar-refractivity contribution >= 4 is 17.5 Å². The van der Waals surface area contributed by atoms with Crippen LogP contribution in [-0.2, 0) is 10.7 Å². The number of carbonyl (C=O) groups is 2. The zero-order valence-corrected chi connectivity index (χ0v) is 18.2. The van der Waals surface area contributed by atoms with Gasteiger partial charge in [0.2, 0.25) is 0 Å². The van der Waals surface area contributed by atoms with E-state index in [2.05, 4.69) is 10.2 Å². The van der Waals surface area contributed by atoms with Crippen molar-refractivity contribution in [2.24, 2.45) is 0 Å². The average molecular weight is 460 g/mol. The summed E-state index contributed by atoms with van der Waals surface area (Å²) in [5.74, 6) is -5.28. The van der Waals surface area contributed by atoms with E-state index >= 15 is 0 Å². The first kappa shape index (κ1) is 22.7. The molecule has 0 saturated carbocycles. The number of carbonyl (C=O) groups excluding carboxylic acids is 2. The van der Waals surface area contributed by atoms with Crippen molar-refractivity contribution in [3.63, 3.8) is 0 Å². The number of anilines is 1. The van der Waals surface area contributed by atoms with Gasteiger partial charge in [-0.2, -0.15) is 10.4 Å². The Hall–Kier alpha value is -4.45. The maximum atomic E-state index is 13.7. The summed E-state index contributed by atoms with van der Waals surface area (Å²) in [7, 11) is 0. The molecule has 1 aliphatic rings. The topological polar surface area (TPSA) is 107 Å². The maximum Gasteiger partial charge on any atom is 0.295 e. The highest BCUT2D eigenvalue weighted by atomic mass is 19.3. The number of Topliss-reactive ketones (excluding diaryl/α,β-unsaturated/α-hetero) is 1. The molecule has 170 valence electrons. The van der Waals surface area contributed by atoms with Crippen molar-refractivity contribution < 1.29 is 23.5 Å². The fourth-order valence-electron chi connectivity index (χ4n) is 3.72. The second-order valence-corrected chi connectivity index (χ2v) is 7.90. The highest BCUT2D eigenvalue weighted by molar-refractivity contribution is 6.20. The van der Waals surface area contributed by atoms with Crippen LogP contribution in [-0.4, -0.2) is 27.0 Å². The van der Waals surface area contributed by atoms with E-state index in [1.807, 2.05) is 6.07 Å². The Morgan fingerprint density at radius 3 is 2.24 bits per heavy atom. The molecule has 0 spiro atoms. The number of hydrogen-bond donors (Lipinski definition) is 1. The molecule has 0 aliphatic carbocycles. The van der Waals surface area contributed by atoms with Crippen LogP contribution in [0, 0.1) is 18.3 Å². The number of hydrogen-bond acceptors (Lipinski definition) is 6. The normalized spacial score (nSPS) is 16.0. The molecule has 34 heavy (non-hydrogen) atoms. The van der Waals surface area contributed by atoms with Gasteiger partial charge in [-0.05, 0) is 48.9 Å². The number of benzene rings is 2. The van der Waals surface area contributed by atoms with Crippen molar-refractivity contribution in [1.82, 2.24) is 10.2 Å². The summed E-state index contributed by atoms with van der Waals surface area (Å²) >= 11 is 0. The number of aromatic nitrogens is 2. The highest BCUT2D eigenvalue weighted by Crippen LogP contribution is 2.41. The monoisotopic (exact) mass is 460 g/mol. The third-order valence-corrected chi connectivity index (χ3v) is 5.49. The molecule has 0 radical (unpaired) electrons. The minimum Gasteiger partial charge on any atom is -0.503 e. The van der Waals surface area contributed by atoms with Crippen LogP contribution in [0.15, 0.2) is 72.0 Å². The van der Waals surface area contributed by atoms with Crippen LogP contribution in [0.2, 0.25) is 0 Å². The molecule has 3 aromatic rings. The third kappa shape index (κ3) is 4.01. The van der Waals surface area contributed by atoms with E-state index in [0.717, 1.165) is 11.8 Å². The number of aryl methyl sites for hydroxylation is 1. The molecule has 1 aliphatic heterocycles. The van der Waals surface area contributed by atoms with Gasteiger partial charge in [-0.1, -0.05) is 24.3 Å². The van der Waals surface area contributed by atoms with Crippen LogP contribution >= 0.6 is 0 Å². The van der Waals surface area contributed by atoms with Crippen LogP contribution in [0.5, 0.6) is 0 Å². The fraction of sp³-hybridized carbons (Fsp3) is 0.160. The lowest BCUT2D eigenvalue weighted by Crippen LogP contribution is -2.32. The van der Waals surface area contributed by atoms with Crippen molar-refractivity contribution in [2.75, 3.05) is 4.90 Å². The van der Waals surface area contributed by atoms with E-state index < -0.39 is 29.4 Å². The van der Waals surface area contributed by atoms with E-state index in [-0.39, 0.29) is 22.5 Å². The number of rotatable bonds is 5. The quantitative estimate of drug-likeness (QED) is 0.560. The molecule has 1 unspecified atom stereocenters. The van der Waals surface area contributed by atoms with E-state index in [4.69, 9.17) is 5.26 Å². The lowest BCUT2D eigenvalue weighted by Gasteiger charge is -2.26. The smallest absolute Gasteiger partial charge is 0.295 e. The van der Waals surface area contributed by atoms with Crippen molar-refractivity contribution in [2.45, 2.75) is 25.8 Å². The molecule has 9 heteroatoms. The lowest BCUT2D eigenvalue weighted by molar-refractivity contribution is -0.117. The van der Waals surface area contributed by atoms with Gasteiger partial charge in [-0.25, -0.2) is 8.78 Å². The average Bonchev–Trinajstić information content (AvgIpc) is 3.09. The van der Waals surface area contributed by atoms with Crippen molar-refractivity contribution in [3.8, 4) is 6.07 Å². The number of alkyl halides is 2. The number of halogens is 2. The standard InChI is InChI=1S/C25H18F2N4O3/c1-14-3-12-19(30-29-14)31-21(16-8-10-18(11-9-16)25(2,26)27)20(23(33)24(31)34)22(32)17-6-4-15(13-28)5-7-17/h3-12,21,33H,1-2H3. The molecule has 1 N–H and O–H groups in total. The molecule has 1 amide bonds. The van der Waals surface area contributed by atoms with Gasteiger partial charge in [-0.15, -0.1) is 5.10 Å². The molecule has 2 heterocycles. The molecule has 1 aromatic heterocycles. The molecule has 1 atom stereocenters. The summed E-state index contributed by atoms with van der Waals surface area (Å²) < 4.78 is 27.5. The summed E-state index contributed by atoms with van der Waals surface area (Å²) in [4.78, 5) is 27.6. The molecule has 2 aromatic carbocycles. The summed E-state index contributed by atoms with van der Waals surface area (Å²) in [6.07, 6.45) is 0. The van der Waals surface area contributed by atoms with E-state index in [1.165, 1.54) is 54.6 Å². The summed E-state index contributed by atoms with van der Waals surface area (Å²) in [5, 5.41) is 27.7. The van der Waals surface area contributed by atoms with Gasteiger partial charge in [0.05, 0.1) is 28.9 Å². The minimum atomic E-state index is -3.08. The van der Waals surface area contributed by atoms with Gasteiger partial charge < -0.3 is 5.11 Å². The number of ketones is 1. The predicted molar refractivity (Wildman–Crippen MR) is 118 cm³/mol. The Morgan fingerprint density at radius 1 is 1.06 bits per heavy atom. The fourth-order valence-corrected chi connectivity index (χ4v) is 3.72. The highest BCUT2D eigenvalue weighted by Gasteiger charge is 2.45. The van der Waals surface area contributed by atoms with Gasteiger partial charge >= 0.3 is 0 Å². The van der Waals surface area contributed by atoms with Crippen molar-refractivity contribution in [3.05, 3.63) is 99.9 Å². The first-order chi connectivity index (χ1) is 16.1. The van der Waals surface area contributed by atoms with Crippen LogP contribution in [0.4, 0.5) is 14.6 Å². The molecule has 7 nitrogen and oxygen atoms in total. The molecular formula is C25H18F2N4O3. The number of amides is 1. The number of nitriles is 1. The second kappa shape index (κ2) is 8.48. The van der Waals surface area contributed by atoms with Crippen LogP contribution in [0.3, 0.4) is 0 Å².